The van der Waals surface area contributed by atoms with E-state index in [1.807, 2.05) is 0 Å². The summed E-state index contributed by atoms with van der Waals surface area (Å²) in [5, 5.41) is 10.2. The summed E-state index contributed by atoms with van der Waals surface area (Å²) in [7, 11) is -10.9. The van der Waals surface area contributed by atoms with Gasteiger partial charge >= 0.3 is 15.5 Å². The second-order valence-electron chi connectivity index (χ2n) is 4.78. The van der Waals surface area contributed by atoms with Gasteiger partial charge in [0.1, 0.15) is 5.60 Å². The molecule has 0 bridgehead atoms. The van der Waals surface area contributed by atoms with E-state index in [9.17, 15) is 35.1 Å². The molecule has 11 heteroatoms. The molecular formula is C11H14F3NO5S2. The van der Waals surface area contributed by atoms with Crippen molar-refractivity contribution in [2.24, 2.45) is 0 Å². The van der Waals surface area contributed by atoms with E-state index in [1.54, 1.807) is 6.07 Å². The predicted octanol–water partition coefficient (Wildman–Crippen LogP) is 1.01. The average Bonchev–Trinajstić information content (AvgIpc) is 2.34. The Bertz CT molecular complexity index is 727. The van der Waals surface area contributed by atoms with Gasteiger partial charge in [-0.3, -0.25) is 0 Å². The zero-order valence-electron chi connectivity index (χ0n) is 11.6. The molecule has 1 aromatic rings. The van der Waals surface area contributed by atoms with Crippen molar-refractivity contribution in [2.75, 3.05) is 12.8 Å². The van der Waals surface area contributed by atoms with E-state index in [2.05, 4.69) is 0 Å². The molecule has 0 aliphatic heterocycles. The van der Waals surface area contributed by atoms with Gasteiger partial charge in [0, 0.05) is 0 Å². The Morgan fingerprint density at radius 3 is 1.91 bits per heavy atom. The minimum absolute atomic E-state index is 0.0704. The topological polar surface area (TPSA) is 91.8 Å². The summed E-state index contributed by atoms with van der Waals surface area (Å²) < 4.78 is 82.9. The third kappa shape index (κ3) is 3.97. The normalized spacial score (nSPS) is 16.5. The van der Waals surface area contributed by atoms with Crippen LogP contribution >= 0.6 is 0 Å². The summed E-state index contributed by atoms with van der Waals surface area (Å²) in [6, 6.07) is 7.17. The fraction of sp³-hybridized carbons (Fsp3) is 0.455. The molecule has 0 aliphatic carbocycles. The molecule has 0 radical (unpaired) electrons. The highest BCUT2D eigenvalue weighted by Gasteiger charge is 2.54. The fourth-order valence-corrected chi connectivity index (χ4v) is 4.45. The van der Waals surface area contributed by atoms with Crippen LogP contribution in [0, 0.1) is 0 Å². The molecule has 0 aliphatic rings. The molecule has 0 saturated carbocycles. The summed E-state index contributed by atoms with van der Waals surface area (Å²) in [5.41, 5.74) is -7.87. The van der Waals surface area contributed by atoms with Crippen LogP contribution in [0.4, 0.5) is 13.2 Å². The molecule has 0 heterocycles. The van der Waals surface area contributed by atoms with E-state index in [0.717, 1.165) is 6.92 Å². The van der Waals surface area contributed by atoms with Crippen molar-refractivity contribution in [3.63, 3.8) is 0 Å². The minimum Gasteiger partial charge on any atom is -0.384 e. The minimum atomic E-state index is -6.15. The van der Waals surface area contributed by atoms with Crippen molar-refractivity contribution in [3.8, 4) is 0 Å². The number of sulfonamides is 2. The van der Waals surface area contributed by atoms with Gasteiger partial charge in [0.25, 0.3) is 0 Å². The van der Waals surface area contributed by atoms with Crippen molar-refractivity contribution >= 4 is 20.0 Å². The highest BCUT2D eigenvalue weighted by Crippen LogP contribution is 2.32. The first-order valence-electron chi connectivity index (χ1n) is 5.77. The molecule has 1 atom stereocenters. The second kappa shape index (κ2) is 5.80. The van der Waals surface area contributed by atoms with Gasteiger partial charge in [-0.05, 0) is 12.5 Å². The lowest BCUT2D eigenvalue weighted by Gasteiger charge is -2.30. The Morgan fingerprint density at radius 1 is 1.09 bits per heavy atom. The molecule has 0 amide bonds. The summed E-state index contributed by atoms with van der Waals surface area (Å²) in [6.45, 7) is -0.274. The molecule has 0 spiro atoms. The van der Waals surface area contributed by atoms with Gasteiger partial charge in [-0.15, -0.1) is 0 Å². The van der Waals surface area contributed by atoms with Crippen LogP contribution in [0.3, 0.4) is 0 Å². The number of alkyl halides is 3. The Morgan fingerprint density at radius 2 is 1.55 bits per heavy atom. The third-order valence-electron chi connectivity index (χ3n) is 2.76. The van der Waals surface area contributed by atoms with Crippen molar-refractivity contribution in [1.29, 1.82) is 0 Å². The summed E-state index contributed by atoms with van der Waals surface area (Å²) in [4.78, 5) is 0. The van der Waals surface area contributed by atoms with E-state index in [-0.39, 0.29) is 5.56 Å². The number of rotatable bonds is 5. The monoisotopic (exact) mass is 361 g/mol. The third-order valence-corrected chi connectivity index (χ3v) is 6.28. The molecule has 22 heavy (non-hydrogen) atoms. The zero-order chi connectivity index (χ0) is 17.4. The number of hydrogen-bond donors (Lipinski definition) is 1. The lowest BCUT2D eigenvalue weighted by molar-refractivity contribution is -0.0486. The number of hydrogen-bond acceptors (Lipinski definition) is 5. The Labute approximate surface area is 126 Å². The Balaban J connectivity index is 3.35. The van der Waals surface area contributed by atoms with Crippen molar-refractivity contribution in [2.45, 2.75) is 18.0 Å². The van der Waals surface area contributed by atoms with Crippen LogP contribution in [0.1, 0.15) is 12.5 Å². The molecule has 1 aromatic carbocycles. The lowest BCUT2D eigenvalue weighted by Crippen LogP contribution is -2.49. The quantitative estimate of drug-likeness (QED) is 0.845. The van der Waals surface area contributed by atoms with Gasteiger partial charge in [-0.25, -0.2) is 16.8 Å². The standard InChI is InChI=1S/C11H14F3NO5S2/c1-10(16,9-6-4-3-5-7-9)8-15(21(2,17)18)22(19,20)11(12,13)14/h3-7,16H,8H2,1-2H3. The van der Waals surface area contributed by atoms with Crippen LogP contribution in [0.5, 0.6) is 0 Å². The molecule has 1 N–H and O–H groups in total. The van der Waals surface area contributed by atoms with Crippen molar-refractivity contribution in [1.82, 2.24) is 3.71 Å². The first-order valence-corrected chi connectivity index (χ1v) is 9.05. The second-order valence-corrected chi connectivity index (χ2v) is 8.78. The van der Waals surface area contributed by atoms with Crippen LogP contribution in [-0.4, -0.2) is 44.0 Å². The summed E-state index contributed by atoms with van der Waals surface area (Å²) in [5.74, 6) is 0. The summed E-state index contributed by atoms with van der Waals surface area (Å²) >= 11 is 0. The molecule has 0 fully saturated rings. The smallest absolute Gasteiger partial charge is 0.384 e. The SMILES string of the molecule is CC(O)(CN(S(C)(=O)=O)S(=O)(=O)C(F)(F)F)c1ccccc1. The number of aliphatic hydroxyl groups is 1. The van der Waals surface area contributed by atoms with Gasteiger partial charge in [0.2, 0.25) is 10.0 Å². The first-order chi connectivity index (χ1) is 9.69. The van der Waals surface area contributed by atoms with E-state index >= 15 is 0 Å². The van der Waals surface area contributed by atoms with E-state index in [0.29, 0.717) is 6.26 Å². The molecule has 0 aromatic heterocycles. The van der Waals surface area contributed by atoms with E-state index in [1.165, 1.54) is 24.3 Å². The average molecular weight is 361 g/mol. The van der Waals surface area contributed by atoms with Gasteiger partial charge in [-0.1, -0.05) is 34.0 Å². The van der Waals surface area contributed by atoms with Gasteiger partial charge in [0.05, 0.1) is 12.8 Å². The van der Waals surface area contributed by atoms with Crippen LogP contribution < -0.4 is 0 Å². The Hall–Kier alpha value is -1.17. The van der Waals surface area contributed by atoms with Crippen molar-refractivity contribution < 1.29 is 35.1 Å². The number of halogens is 3. The molecular weight excluding hydrogens is 347 g/mol. The maximum absolute atomic E-state index is 12.6. The molecule has 6 nitrogen and oxygen atoms in total. The maximum atomic E-state index is 12.6. The maximum Gasteiger partial charge on any atom is 0.512 e. The largest absolute Gasteiger partial charge is 0.512 e. The van der Waals surface area contributed by atoms with E-state index < -0.39 is 41.4 Å². The van der Waals surface area contributed by atoms with Crippen LogP contribution in [0.15, 0.2) is 30.3 Å². The molecule has 1 rings (SSSR count). The highest BCUT2D eigenvalue weighted by atomic mass is 32.3. The Kier molecular flexibility index (Phi) is 4.97. The number of benzene rings is 1. The first kappa shape index (κ1) is 18.9. The van der Waals surface area contributed by atoms with Crippen LogP contribution in [0.2, 0.25) is 0 Å². The highest BCUT2D eigenvalue weighted by molar-refractivity contribution is 8.04. The molecule has 0 saturated heterocycles. The molecule has 1 unspecified atom stereocenters. The fourth-order valence-electron chi connectivity index (χ4n) is 1.64. The van der Waals surface area contributed by atoms with Crippen LogP contribution in [-0.2, 0) is 25.6 Å². The molecule has 126 valence electrons. The zero-order valence-corrected chi connectivity index (χ0v) is 13.2. The van der Waals surface area contributed by atoms with Crippen molar-refractivity contribution in [3.05, 3.63) is 35.9 Å². The lowest BCUT2D eigenvalue weighted by atomic mass is 9.97. The van der Waals surface area contributed by atoms with Gasteiger partial charge in [-0.2, -0.15) is 13.2 Å². The van der Waals surface area contributed by atoms with Gasteiger partial charge in [0.15, 0.2) is 0 Å². The van der Waals surface area contributed by atoms with E-state index in [4.69, 9.17) is 0 Å². The van der Waals surface area contributed by atoms with Gasteiger partial charge < -0.3 is 5.11 Å². The predicted molar refractivity (Wildman–Crippen MR) is 72.5 cm³/mol. The summed E-state index contributed by atoms with van der Waals surface area (Å²) in [6.07, 6.45) is 0.317. The number of nitrogens with zero attached hydrogens (tertiary/aromatic N) is 1. The van der Waals surface area contributed by atoms with Crippen LogP contribution in [0.25, 0.3) is 0 Å².